The normalized spacial score (nSPS) is 17.3. The fourth-order valence-corrected chi connectivity index (χ4v) is 3.62. The Kier molecular flexibility index (Phi) is 3.75. The molecule has 1 amide bonds. The molecule has 1 aliphatic heterocycles. The maximum Gasteiger partial charge on any atom is 0.223 e. The molecule has 1 atom stereocenters. The van der Waals surface area contributed by atoms with Crippen LogP contribution in [-0.2, 0) is 17.8 Å². The molecule has 0 unspecified atom stereocenters. The van der Waals surface area contributed by atoms with Gasteiger partial charge in [-0.25, -0.2) is 4.98 Å². The number of nitrogens with one attached hydrogen (secondary N) is 1. The van der Waals surface area contributed by atoms with E-state index in [2.05, 4.69) is 10.3 Å². The molecule has 23 heavy (non-hydrogen) atoms. The monoisotopic (exact) mass is 327 g/mol. The SMILES string of the molecule is O=C(NCc1cn2ccsc2n1)[C@H]1CCOc2ccccc2C1. The topological polar surface area (TPSA) is 55.6 Å². The number of para-hydroxylation sites is 1. The van der Waals surface area contributed by atoms with Crippen molar-refractivity contribution < 1.29 is 9.53 Å². The van der Waals surface area contributed by atoms with Crippen LogP contribution in [0.1, 0.15) is 17.7 Å². The number of carbonyl (C=O) groups is 1. The van der Waals surface area contributed by atoms with Crippen LogP contribution >= 0.6 is 11.3 Å². The highest BCUT2D eigenvalue weighted by molar-refractivity contribution is 7.15. The van der Waals surface area contributed by atoms with Crippen LogP contribution in [0.3, 0.4) is 0 Å². The van der Waals surface area contributed by atoms with E-state index in [1.165, 1.54) is 0 Å². The molecule has 2 aromatic heterocycles. The van der Waals surface area contributed by atoms with Crippen LogP contribution in [0.5, 0.6) is 5.75 Å². The van der Waals surface area contributed by atoms with Gasteiger partial charge >= 0.3 is 0 Å². The Labute approximate surface area is 137 Å². The van der Waals surface area contributed by atoms with Gasteiger partial charge in [-0.05, 0) is 24.5 Å². The highest BCUT2D eigenvalue weighted by atomic mass is 32.1. The summed E-state index contributed by atoms with van der Waals surface area (Å²) in [6.07, 6.45) is 5.38. The van der Waals surface area contributed by atoms with Gasteiger partial charge in [0.1, 0.15) is 5.75 Å². The second-order valence-corrected chi connectivity index (χ2v) is 6.56. The number of amides is 1. The molecule has 3 aromatic rings. The molecule has 3 heterocycles. The lowest BCUT2D eigenvalue weighted by molar-refractivity contribution is -0.125. The Morgan fingerprint density at radius 3 is 3.26 bits per heavy atom. The third-order valence-electron chi connectivity index (χ3n) is 4.12. The average Bonchev–Trinajstić information content (AvgIpc) is 3.07. The van der Waals surface area contributed by atoms with Crippen molar-refractivity contribution in [2.24, 2.45) is 5.92 Å². The first-order valence-corrected chi connectivity index (χ1v) is 8.57. The van der Waals surface area contributed by atoms with Gasteiger partial charge in [0, 0.05) is 23.7 Å². The van der Waals surface area contributed by atoms with E-state index < -0.39 is 0 Å². The number of nitrogens with zero attached hydrogens (tertiary/aromatic N) is 2. The molecular formula is C17H17N3O2S. The number of aromatic nitrogens is 2. The molecule has 118 valence electrons. The first-order chi connectivity index (χ1) is 11.3. The van der Waals surface area contributed by atoms with E-state index in [1.807, 2.05) is 46.4 Å². The number of fused-ring (bicyclic) bond motifs is 2. The first kappa shape index (κ1) is 14.3. The van der Waals surface area contributed by atoms with Gasteiger partial charge in [-0.1, -0.05) is 18.2 Å². The Balaban J connectivity index is 1.41. The second-order valence-electron chi connectivity index (χ2n) is 5.69. The van der Waals surface area contributed by atoms with Gasteiger partial charge in [0.2, 0.25) is 5.91 Å². The van der Waals surface area contributed by atoms with E-state index in [4.69, 9.17) is 4.74 Å². The Hall–Kier alpha value is -2.34. The first-order valence-electron chi connectivity index (χ1n) is 7.69. The van der Waals surface area contributed by atoms with E-state index in [-0.39, 0.29) is 11.8 Å². The minimum absolute atomic E-state index is 0.0533. The van der Waals surface area contributed by atoms with Crippen molar-refractivity contribution in [3.8, 4) is 5.75 Å². The second kappa shape index (κ2) is 6.04. The minimum Gasteiger partial charge on any atom is -0.493 e. The van der Waals surface area contributed by atoms with Crippen molar-refractivity contribution in [1.82, 2.24) is 14.7 Å². The summed E-state index contributed by atoms with van der Waals surface area (Å²) in [5.41, 5.74) is 1.99. The predicted octanol–water partition coefficient (Wildman–Crippen LogP) is 2.65. The summed E-state index contributed by atoms with van der Waals surface area (Å²) in [6, 6.07) is 7.95. The molecule has 0 saturated carbocycles. The predicted molar refractivity (Wildman–Crippen MR) is 88.7 cm³/mol. The zero-order chi connectivity index (χ0) is 15.6. The number of thiazole rings is 1. The smallest absolute Gasteiger partial charge is 0.223 e. The third kappa shape index (κ3) is 2.94. The summed E-state index contributed by atoms with van der Waals surface area (Å²) in [7, 11) is 0. The van der Waals surface area contributed by atoms with Crippen LogP contribution < -0.4 is 10.1 Å². The quantitative estimate of drug-likeness (QED) is 0.804. The minimum atomic E-state index is -0.0533. The molecule has 0 bridgehead atoms. The van der Waals surface area contributed by atoms with Crippen molar-refractivity contribution in [1.29, 1.82) is 0 Å². The van der Waals surface area contributed by atoms with Gasteiger partial charge < -0.3 is 10.1 Å². The van der Waals surface area contributed by atoms with Crippen LogP contribution in [0.25, 0.3) is 4.96 Å². The van der Waals surface area contributed by atoms with Crippen molar-refractivity contribution >= 4 is 22.2 Å². The number of ether oxygens (including phenoxy) is 1. The maximum atomic E-state index is 12.5. The largest absolute Gasteiger partial charge is 0.493 e. The molecular weight excluding hydrogens is 310 g/mol. The third-order valence-corrected chi connectivity index (χ3v) is 4.89. The standard InChI is InChI=1S/C17H17N3O2S/c21-16(18-10-14-11-20-6-8-23-17(20)19-14)13-5-7-22-15-4-2-1-3-12(15)9-13/h1-4,6,8,11,13H,5,7,9-10H2,(H,18,21)/t13-/m0/s1. The molecule has 0 fully saturated rings. The molecule has 4 rings (SSSR count). The Morgan fingerprint density at radius 1 is 1.43 bits per heavy atom. The van der Waals surface area contributed by atoms with Crippen molar-refractivity contribution in [3.05, 3.63) is 53.3 Å². The lowest BCUT2D eigenvalue weighted by Crippen LogP contribution is -2.31. The summed E-state index contributed by atoms with van der Waals surface area (Å²) < 4.78 is 7.70. The fourth-order valence-electron chi connectivity index (χ4n) is 2.90. The summed E-state index contributed by atoms with van der Waals surface area (Å²) in [4.78, 5) is 17.9. The summed E-state index contributed by atoms with van der Waals surface area (Å²) in [5, 5.41) is 5.01. The molecule has 1 aromatic carbocycles. The molecule has 1 N–H and O–H groups in total. The number of hydrogen-bond acceptors (Lipinski definition) is 4. The fraction of sp³-hybridized carbons (Fsp3) is 0.294. The molecule has 1 aliphatic rings. The zero-order valence-corrected chi connectivity index (χ0v) is 13.4. The number of imidazole rings is 1. The van der Waals surface area contributed by atoms with Crippen molar-refractivity contribution in [2.75, 3.05) is 6.61 Å². The van der Waals surface area contributed by atoms with Crippen LogP contribution in [0, 0.1) is 5.92 Å². The molecule has 0 aliphatic carbocycles. The number of benzene rings is 1. The number of carbonyl (C=O) groups excluding carboxylic acids is 1. The van der Waals surface area contributed by atoms with Crippen molar-refractivity contribution in [3.63, 3.8) is 0 Å². The van der Waals surface area contributed by atoms with Gasteiger partial charge in [-0.3, -0.25) is 9.20 Å². The van der Waals surface area contributed by atoms with Gasteiger partial charge in [-0.15, -0.1) is 11.3 Å². The van der Waals surface area contributed by atoms with Crippen LogP contribution in [0.4, 0.5) is 0 Å². The average molecular weight is 327 g/mol. The lowest BCUT2D eigenvalue weighted by atomic mass is 9.96. The molecule has 5 nitrogen and oxygen atoms in total. The van der Waals surface area contributed by atoms with E-state index >= 15 is 0 Å². The number of hydrogen-bond donors (Lipinski definition) is 1. The molecule has 0 radical (unpaired) electrons. The Morgan fingerprint density at radius 2 is 2.35 bits per heavy atom. The summed E-state index contributed by atoms with van der Waals surface area (Å²) in [6.45, 7) is 1.04. The van der Waals surface area contributed by atoms with E-state index in [0.29, 0.717) is 13.2 Å². The van der Waals surface area contributed by atoms with Gasteiger partial charge in [0.15, 0.2) is 4.96 Å². The lowest BCUT2D eigenvalue weighted by Gasteiger charge is -2.13. The molecule has 6 heteroatoms. The van der Waals surface area contributed by atoms with Gasteiger partial charge in [0.25, 0.3) is 0 Å². The van der Waals surface area contributed by atoms with E-state index in [1.54, 1.807) is 11.3 Å². The Bertz CT molecular complexity index is 811. The summed E-state index contributed by atoms with van der Waals surface area (Å²) in [5.74, 6) is 0.918. The van der Waals surface area contributed by atoms with E-state index in [9.17, 15) is 4.79 Å². The van der Waals surface area contributed by atoms with Crippen molar-refractivity contribution in [2.45, 2.75) is 19.4 Å². The highest BCUT2D eigenvalue weighted by Gasteiger charge is 2.23. The van der Waals surface area contributed by atoms with Crippen LogP contribution in [-0.4, -0.2) is 21.9 Å². The van der Waals surface area contributed by atoms with Crippen LogP contribution in [0.15, 0.2) is 42.0 Å². The maximum absolute atomic E-state index is 12.5. The van der Waals surface area contributed by atoms with E-state index in [0.717, 1.165) is 34.8 Å². The van der Waals surface area contributed by atoms with Crippen LogP contribution in [0.2, 0.25) is 0 Å². The molecule has 0 spiro atoms. The van der Waals surface area contributed by atoms with Gasteiger partial charge in [-0.2, -0.15) is 0 Å². The van der Waals surface area contributed by atoms with Gasteiger partial charge in [0.05, 0.1) is 18.8 Å². The highest BCUT2D eigenvalue weighted by Crippen LogP contribution is 2.26. The number of rotatable bonds is 3. The zero-order valence-electron chi connectivity index (χ0n) is 12.6. The molecule has 0 saturated heterocycles. The summed E-state index contributed by atoms with van der Waals surface area (Å²) >= 11 is 1.59.